The van der Waals surface area contributed by atoms with Gasteiger partial charge in [-0.15, -0.1) is 0 Å². The molecule has 22 N–H and O–H groups in total. The van der Waals surface area contributed by atoms with Crippen LogP contribution in [0.4, 0.5) is 0 Å². The molecule has 298 valence electrons. The SMILES string of the molecule is NCC1O[C@H](O[C@H]2C(N)C[C@@H](N)C(O)[C@H]2O[C@@H]2O[C@H](CNC(=O)[C@@H](N)Cc3cnc[nH]3)[C@H](O[C@H]3O[C@@H](CN)[C@@H](O)C(O)C3N)C2O)C(N)[C@@H](O)[C@@H]1O. The van der Waals surface area contributed by atoms with E-state index in [1.807, 2.05) is 0 Å². The summed E-state index contributed by atoms with van der Waals surface area (Å²) in [6.45, 7) is -0.672. The summed E-state index contributed by atoms with van der Waals surface area (Å²) in [5.41, 5.74) is 42.9. The molecule has 0 radical (unpaired) electrons. The first kappa shape index (κ1) is 41.1. The quantitative estimate of drug-likeness (QED) is 0.0889. The summed E-state index contributed by atoms with van der Waals surface area (Å²) in [7, 11) is 0. The van der Waals surface area contributed by atoms with Gasteiger partial charge in [0.2, 0.25) is 5.91 Å². The Labute approximate surface area is 298 Å². The van der Waals surface area contributed by atoms with E-state index in [-0.39, 0.29) is 32.5 Å². The van der Waals surface area contributed by atoms with Gasteiger partial charge in [-0.25, -0.2) is 4.98 Å². The molecule has 1 aromatic rings. The molecule has 7 unspecified atom stereocenters. The lowest BCUT2D eigenvalue weighted by atomic mass is 9.84. The predicted octanol–water partition coefficient (Wildman–Crippen LogP) is -9.48. The number of carbonyl (C=O) groups excluding carboxylic acids is 1. The van der Waals surface area contributed by atoms with Crippen LogP contribution in [-0.2, 0) is 39.6 Å². The molecule has 52 heavy (non-hydrogen) atoms. The third-order valence-corrected chi connectivity index (χ3v) is 10.0. The molecule has 23 nitrogen and oxygen atoms in total. The molecule has 5 rings (SSSR count). The minimum Gasteiger partial charge on any atom is -0.389 e. The molecule has 4 fully saturated rings. The van der Waals surface area contributed by atoms with Gasteiger partial charge in [-0.1, -0.05) is 0 Å². The third-order valence-electron chi connectivity index (χ3n) is 10.0. The summed E-state index contributed by atoms with van der Waals surface area (Å²) in [6, 6.07) is -5.38. The molecule has 3 aliphatic heterocycles. The highest BCUT2D eigenvalue weighted by Gasteiger charge is 2.54. The van der Waals surface area contributed by atoms with Crippen molar-refractivity contribution in [2.24, 2.45) is 40.1 Å². The average molecular weight is 751 g/mol. The van der Waals surface area contributed by atoms with E-state index in [2.05, 4.69) is 15.3 Å². The maximum absolute atomic E-state index is 13.0. The lowest BCUT2D eigenvalue weighted by molar-refractivity contribution is -0.306. The molecule has 1 aromatic heterocycles. The summed E-state index contributed by atoms with van der Waals surface area (Å²) in [4.78, 5) is 19.7. The first-order valence-electron chi connectivity index (χ1n) is 17.1. The Balaban J connectivity index is 1.35. The van der Waals surface area contributed by atoms with Crippen LogP contribution in [0, 0.1) is 0 Å². The number of rotatable bonds is 13. The van der Waals surface area contributed by atoms with Crippen LogP contribution in [0.2, 0.25) is 0 Å². The highest BCUT2D eigenvalue weighted by molar-refractivity contribution is 5.81. The van der Waals surface area contributed by atoms with E-state index in [1.54, 1.807) is 0 Å². The number of nitrogens with zero attached hydrogens (tertiary/aromatic N) is 1. The van der Waals surface area contributed by atoms with E-state index in [9.17, 15) is 35.4 Å². The van der Waals surface area contributed by atoms with Gasteiger partial charge in [0.25, 0.3) is 0 Å². The second-order valence-corrected chi connectivity index (χ2v) is 13.7. The smallest absolute Gasteiger partial charge is 0.237 e. The van der Waals surface area contributed by atoms with Crippen molar-refractivity contribution in [3.05, 3.63) is 18.2 Å². The molecule has 1 saturated carbocycles. The number of aromatic nitrogens is 2. The number of carbonyl (C=O) groups is 1. The van der Waals surface area contributed by atoms with Gasteiger partial charge < -0.3 is 109 Å². The Kier molecular flexibility index (Phi) is 13.9. The average Bonchev–Trinajstić information content (AvgIpc) is 3.74. The van der Waals surface area contributed by atoms with Gasteiger partial charge >= 0.3 is 0 Å². The molecular weight excluding hydrogens is 696 g/mol. The van der Waals surface area contributed by atoms with Crippen molar-refractivity contribution in [3.8, 4) is 0 Å². The number of aliphatic hydroxyl groups is 6. The minimum atomic E-state index is -1.68. The second kappa shape index (κ2) is 17.6. The molecule has 4 heterocycles. The first-order chi connectivity index (χ1) is 24.7. The number of imidazole rings is 1. The van der Waals surface area contributed by atoms with Crippen molar-refractivity contribution < 1.29 is 63.9 Å². The number of ether oxygens (including phenoxy) is 6. The van der Waals surface area contributed by atoms with E-state index < -0.39 is 128 Å². The molecule has 0 bridgehead atoms. The predicted molar refractivity (Wildman–Crippen MR) is 175 cm³/mol. The molecule has 4 aliphatic rings. The summed E-state index contributed by atoms with van der Waals surface area (Å²) in [5, 5.41) is 67.2. The van der Waals surface area contributed by atoms with E-state index in [4.69, 9.17) is 68.6 Å². The fourth-order valence-corrected chi connectivity index (χ4v) is 6.82. The van der Waals surface area contributed by atoms with Gasteiger partial charge in [0.1, 0.15) is 67.1 Å². The Morgan fingerprint density at radius 3 is 1.85 bits per heavy atom. The standard InChI is InChI=1S/C29H54N10O13/c30-3-12-18(41)20(43)15(35)27(47-12)50-23-10(33)2-9(32)17(40)25(23)52-29-22(45)24(51-28-16(36)21(44)19(42)13(4-31)48-28)14(49-29)6-38-26(46)11(34)1-8-5-37-7-39-8/h5,7,9-25,27-29,40-45H,1-4,6,30-36H2,(H,37,39)(H,38,46)/t9-,10?,11+,12?,13+,14-,15?,16?,17?,18-,19-,20-,21?,22?,23+,24+,25-,27-,28-,29+/m1/s1. The van der Waals surface area contributed by atoms with Crippen molar-refractivity contribution >= 4 is 5.91 Å². The molecule has 23 heteroatoms. The number of nitrogens with one attached hydrogen (secondary N) is 2. The maximum atomic E-state index is 13.0. The summed E-state index contributed by atoms with van der Waals surface area (Å²) in [6.07, 6.45) is -17.5. The van der Waals surface area contributed by atoms with Crippen LogP contribution in [0.15, 0.2) is 12.5 Å². The van der Waals surface area contributed by atoms with Gasteiger partial charge in [0.15, 0.2) is 18.9 Å². The molecule has 1 aliphatic carbocycles. The fraction of sp³-hybridized carbons (Fsp3) is 0.862. The molecule has 20 atom stereocenters. The van der Waals surface area contributed by atoms with Crippen LogP contribution in [0.1, 0.15) is 12.1 Å². The van der Waals surface area contributed by atoms with Crippen LogP contribution in [0.5, 0.6) is 0 Å². The zero-order valence-corrected chi connectivity index (χ0v) is 28.3. The normalized spacial score (nSPS) is 46.2. The van der Waals surface area contributed by atoms with Crippen LogP contribution in [0.3, 0.4) is 0 Å². The number of aliphatic hydroxyl groups excluding tert-OH is 6. The van der Waals surface area contributed by atoms with Gasteiger partial charge in [-0.2, -0.15) is 0 Å². The van der Waals surface area contributed by atoms with Crippen LogP contribution < -0.4 is 45.5 Å². The zero-order valence-electron chi connectivity index (χ0n) is 28.3. The molecule has 0 spiro atoms. The van der Waals surface area contributed by atoms with Crippen molar-refractivity contribution in [1.29, 1.82) is 0 Å². The monoisotopic (exact) mass is 750 g/mol. The van der Waals surface area contributed by atoms with E-state index in [0.717, 1.165) is 0 Å². The highest BCUT2D eigenvalue weighted by atomic mass is 16.8. The summed E-state index contributed by atoms with van der Waals surface area (Å²) >= 11 is 0. The van der Waals surface area contributed by atoms with E-state index in [0.29, 0.717) is 5.69 Å². The molecular formula is C29H54N10O13. The largest absolute Gasteiger partial charge is 0.389 e. The fourth-order valence-electron chi connectivity index (χ4n) is 6.82. The van der Waals surface area contributed by atoms with Gasteiger partial charge in [0.05, 0.1) is 30.6 Å². The Morgan fingerprint density at radius 1 is 0.769 bits per heavy atom. The topological polar surface area (TPSA) is 417 Å². The second-order valence-electron chi connectivity index (χ2n) is 13.7. The van der Waals surface area contributed by atoms with Crippen LogP contribution in [0.25, 0.3) is 0 Å². The highest BCUT2D eigenvalue weighted by Crippen LogP contribution is 2.34. The first-order valence-corrected chi connectivity index (χ1v) is 17.1. The van der Waals surface area contributed by atoms with E-state index in [1.165, 1.54) is 12.5 Å². The van der Waals surface area contributed by atoms with Crippen molar-refractivity contribution in [2.75, 3.05) is 19.6 Å². The number of hydrogen-bond acceptors (Lipinski definition) is 21. The maximum Gasteiger partial charge on any atom is 0.237 e. The van der Waals surface area contributed by atoms with Crippen LogP contribution in [-0.4, -0.2) is 188 Å². The third kappa shape index (κ3) is 8.73. The van der Waals surface area contributed by atoms with Crippen molar-refractivity contribution in [2.45, 2.75) is 135 Å². The minimum absolute atomic E-state index is 0.0554. The van der Waals surface area contributed by atoms with Crippen molar-refractivity contribution in [3.63, 3.8) is 0 Å². The Morgan fingerprint density at radius 2 is 1.31 bits per heavy atom. The number of nitrogens with two attached hydrogens (primary N) is 7. The zero-order chi connectivity index (χ0) is 38.0. The number of H-pyrrole nitrogens is 1. The number of hydrogen-bond donors (Lipinski definition) is 15. The van der Waals surface area contributed by atoms with E-state index >= 15 is 0 Å². The summed E-state index contributed by atoms with van der Waals surface area (Å²) in [5.74, 6) is -0.580. The molecule has 1 amide bonds. The Bertz CT molecular complexity index is 1270. The van der Waals surface area contributed by atoms with Crippen LogP contribution >= 0.6 is 0 Å². The number of amides is 1. The lowest BCUT2D eigenvalue weighted by Crippen LogP contribution is -2.68. The molecule has 3 saturated heterocycles. The Hall–Kier alpha value is -2.08. The van der Waals surface area contributed by atoms with Gasteiger partial charge in [0, 0.05) is 50.0 Å². The van der Waals surface area contributed by atoms with Gasteiger partial charge in [-0.3, -0.25) is 4.79 Å². The lowest BCUT2D eigenvalue weighted by Gasteiger charge is -2.47. The molecule has 0 aromatic carbocycles. The summed E-state index contributed by atoms with van der Waals surface area (Å²) < 4.78 is 35.8. The van der Waals surface area contributed by atoms with Gasteiger partial charge in [-0.05, 0) is 6.42 Å². The van der Waals surface area contributed by atoms with Crippen molar-refractivity contribution in [1.82, 2.24) is 15.3 Å². The number of aromatic amines is 1.